The van der Waals surface area contributed by atoms with Crippen LogP contribution in [-0.4, -0.2) is 21.5 Å². The summed E-state index contributed by atoms with van der Waals surface area (Å²) in [5, 5.41) is 10.8. The van der Waals surface area contributed by atoms with Gasteiger partial charge in [-0.15, -0.1) is 5.10 Å². The number of rotatable bonds is 4. The Morgan fingerprint density at radius 2 is 2.18 bits per heavy atom. The molecule has 90 valence electrons. The molecule has 4 nitrogen and oxygen atoms in total. The molecular weight excluding hydrogens is 226 g/mol. The first-order chi connectivity index (χ1) is 8.20. The van der Waals surface area contributed by atoms with Crippen LogP contribution in [0.3, 0.4) is 0 Å². The smallest absolute Gasteiger partial charge is 0.151 e. The van der Waals surface area contributed by atoms with Gasteiger partial charge in [0.25, 0.3) is 0 Å². The number of nitrogens with zero attached hydrogens (tertiary/aromatic N) is 3. The first-order valence-corrected chi connectivity index (χ1v) is 5.28. The third-order valence-electron chi connectivity index (χ3n) is 2.25. The maximum atomic E-state index is 13.5. The molecule has 0 unspecified atom stereocenters. The van der Waals surface area contributed by atoms with E-state index in [1.165, 1.54) is 16.8 Å². The van der Waals surface area contributed by atoms with Crippen molar-refractivity contribution in [2.45, 2.75) is 13.5 Å². The lowest BCUT2D eigenvalue weighted by Crippen LogP contribution is -2.11. The van der Waals surface area contributed by atoms with Crippen LogP contribution < -0.4 is 5.32 Å². The minimum absolute atomic E-state index is 0.182. The third kappa shape index (κ3) is 2.65. The molecule has 0 aliphatic heterocycles. The molecule has 1 N–H and O–H groups in total. The lowest BCUT2D eigenvalue weighted by molar-refractivity contribution is 0.572. The summed E-state index contributed by atoms with van der Waals surface area (Å²) in [6, 6.07) is 3.33. The summed E-state index contributed by atoms with van der Waals surface area (Å²) in [5.41, 5.74) is 0.886. The van der Waals surface area contributed by atoms with E-state index in [1.54, 1.807) is 6.20 Å². The summed E-state index contributed by atoms with van der Waals surface area (Å²) in [4.78, 5) is 0. The molecule has 1 heterocycles. The predicted molar refractivity (Wildman–Crippen MR) is 58.7 cm³/mol. The Labute approximate surface area is 97.3 Å². The number of hydrogen-bond donors (Lipinski definition) is 1. The van der Waals surface area contributed by atoms with E-state index in [4.69, 9.17) is 0 Å². The van der Waals surface area contributed by atoms with Crippen LogP contribution in [0, 0.1) is 11.6 Å². The van der Waals surface area contributed by atoms with E-state index in [2.05, 4.69) is 15.6 Å². The zero-order chi connectivity index (χ0) is 12.3. The second-order valence-electron chi connectivity index (χ2n) is 3.53. The van der Waals surface area contributed by atoms with E-state index in [0.717, 1.165) is 12.6 Å². The molecule has 0 aliphatic rings. The fourth-order valence-corrected chi connectivity index (χ4v) is 1.42. The number of hydrogen-bond acceptors (Lipinski definition) is 3. The summed E-state index contributed by atoms with van der Waals surface area (Å²) in [7, 11) is 0. The molecule has 0 aliphatic carbocycles. The SMILES string of the molecule is CCNCc1cn(-c2ccc(F)cc2F)nn1. The highest BCUT2D eigenvalue weighted by Crippen LogP contribution is 2.13. The normalized spacial score (nSPS) is 10.8. The van der Waals surface area contributed by atoms with Gasteiger partial charge in [-0.1, -0.05) is 12.1 Å². The highest BCUT2D eigenvalue weighted by molar-refractivity contribution is 5.32. The molecule has 1 aromatic heterocycles. The van der Waals surface area contributed by atoms with Gasteiger partial charge in [-0.25, -0.2) is 13.5 Å². The fourth-order valence-electron chi connectivity index (χ4n) is 1.42. The third-order valence-corrected chi connectivity index (χ3v) is 2.25. The molecule has 2 rings (SSSR count). The monoisotopic (exact) mass is 238 g/mol. The summed E-state index contributed by atoms with van der Waals surface area (Å²) >= 11 is 0. The van der Waals surface area contributed by atoms with Crippen LogP contribution in [0.2, 0.25) is 0 Å². The van der Waals surface area contributed by atoms with Crippen molar-refractivity contribution in [3.05, 3.63) is 41.7 Å². The molecule has 0 spiro atoms. The van der Waals surface area contributed by atoms with E-state index in [-0.39, 0.29) is 5.69 Å². The van der Waals surface area contributed by atoms with Crippen LogP contribution in [0.25, 0.3) is 5.69 Å². The van der Waals surface area contributed by atoms with Crippen molar-refractivity contribution in [2.75, 3.05) is 6.54 Å². The van der Waals surface area contributed by atoms with Gasteiger partial charge in [0, 0.05) is 12.6 Å². The Hall–Kier alpha value is -1.82. The lowest BCUT2D eigenvalue weighted by Gasteiger charge is -2.01. The Bertz CT molecular complexity index is 510. The van der Waals surface area contributed by atoms with Crippen molar-refractivity contribution in [1.29, 1.82) is 0 Å². The van der Waals surface area contributed by atoms with Crippen LogP contribution in [0.5, 0.6) is 0 Å². The predicted octanol–water partition coefficient (Wildman–Crippen LogP) is 1.66. The molecule has 0 fully saturated rings. The van der Waals surface area contributed by atoms with Gasteiger partial charge >= 0.3 is 0 Å². The van der Waals surface area contributed by atoms with Crippen molar-refractivity contribution >= 4 is 0 Å². The summed E-state index contributed by atoms with van der Waals surface area (Å²) < 4.78 is 27.5. The molecule has 2 aromatic rings. The van der Waals surface area contributed by atoms with Crippen molar-refractivity contribution < 1.29 is 8.78 Å². The largest absolute Gasteiger partial charge is 0.311 e. The minimum Gasteiger partial charge on any atom is -0.311 e. The zero-order valence-electron chi connectivity index (χ0n) is 9.32. The molecule has 0 amide bonds. The molecule has 0 atom stereocenters. The van der Waals surface area contributed by atoms with E-state index in [9.17, 15) is 8.78 Å². The first-order valence-electron chi connectivity index (χ1n) is 5.28. The van der Waals surface area contributed by atoms with Gasteiger partial charge in [-0.3, -0.25) is 0 Å². The minimum atomic E-state index is -0.662. The first kappa shape index (κ1) is 11.7. The van der Waals surface area contributed by atoms with Gasteiger partial charge < -0.3 is 5.32 Å². The van der Waals surface area contributed by atoms with E-state index >= 15 is 0 Å². The Balaban J connectivity index is 2.24. The summed E-state index contributed by atoms with van der Waals surface area (Å²) in [6.45, 7) is 3.36. The highest BCUT2D eigenvalue weighted by Gasteiger charge is 2.08. The second kappa shape index (κ2) is 5.01. The lowest BCUT2D eigenvalue weighted by atomic mass is 10.3. The molecule has 1 aromatic carbocycles. The van der Waals surface area contributed by atoms with Gasteiger partial charge in [0.1, 0.15) is 11.5 Å². The van der Waals surface area contributed by atoms with Crippen molar-refractivity contribution in [3.8, 4) is 5.69 Å². The standard InChI is InChI=1S/C11H12F2N4/c1-2-14-6-9-7-17(16-15-9)11-4-3-8(12)5-10(11)13/h3-5,7,14H,2,6H2,1H3. The molecule has 0 saturated heterocycles. The van der Waals surface area contributed by atoms with E-state index in [1.807, 2.05) is 6.92 Å². The van der Waals surface area contributed by atoms with Crippen molar-refractivity contribution in [2.24, 2.45) is 0 Å². The Morgan fingerprint density at radius 1 is 1.35 bits per heavy atom. The fraction of sp³-hybridized carbons (Fsp3) is 0.273. The molecule has 6 heteroatoms. The average Bonchev–Trinajstić information content (AvgIpc) is 2.75. The Kier molecular flexibility index (Phi) is 3.43. The maximum absolute atomic E-state index is 13.5. The van der Waals surface area contributed by atoms with Gasteiger partial charge in [0.15, 0.2) is 5.82 Å². The molecule has 0 radical (unpaired) electrons. The van der Waals surface area contributed by atoms with Crippen molar-refractivity contribution in [1.82, 2.24) is 20.3 Å². The number of nitrogens with one attached hydrogen (secondary N) is 1. The maximum Gasteiger partial charge on any atom is 0.151 e. The topological polar surface area (TPSA) is 42.7 Å². The van der Waals surface area contributed by atoms with E-state index in [0.29, 0.717) is 12.2 Å². The van der Waals surface area contributed by atoms with Crippen LogP contribution in [-0.2, 0) is 6.54 Å². The molecular formula is C11H12F2N4. The summed E-state index contributed by atoms with van der Waals surface area (Å²) in [6.07, 6.45) is 1.61. The Morgan fingerprint density at radius 3 is 2.88 bits per heavy atom. The van der Waals surface area contributed by atoms with Gasteiger partial charge in [-0.2, -0.15) is 0 Å². The second-order valence-corrected chi connectivity index (χ2v) is 3.53. The van der Waals surface area contributed by atoms with Crippen LogP contribution >= 0.6 is 0 Å². The van der Waals surface area contributed by atoms with Gasteiger partial charge in [0.05, 0.1) is 11.9 Å². The van der Waals surface area contributed by atoms with Crippen LogP contribution in [0.1, 0.15) is 12.6 Å². The summed E-state index contributed by atoms with van der Waals surface area (Å²) in [5.74, 6) is -1.27. The van der Waals surface area contributed by atoms with Crippen molar-refractivity contribution in [3.63, 3.8) is 0 Å². The van der Waals surface area contributed by atoms with Gasteiger partial charge in [-0.05, 0) is 18.7 Å². The quantitative estimate of drug-likeness (QED) is 0.880. The molecule has 0 saturated carbocycles. The van der Waals surface area contributed by atoms with E-state index < -0.39 is 11.6 Å². The van der Waals surface area contributed by atoms with Gasteiger partial charge in [0.2, 0.25) is 0 Å². The molecule has 17 heavy (non-hydrogen) atoms. The van der Waals surface area contributed by atoms with Crippen LogP contribution in [0.15, 0.2) is 24.4 Å². The highest BCUT2D eigenvalue weighted by atomic mass is 19.1. The number of halogens is 2. The number of aromatic nitrogens is 3. The zero-order valence-corrected chi connectivity index (χ0v) is 9.32. The average molecular weight is 238 g/mol. The number of benzene rings is 1. The van der Waals surface area contributed by atoms with Crippen LogP contribution in [0.4, 0.5) is 8.78 Å². The molecule has 0 bridgehead atoms.